The quantitative estimate of drug-likeness (QED) is 0.387. The highest BCUT2D eigenvalue weighted by Gasteiger charge is 2.31. The predicted octanol–water partition coefficient (Wildman–Crippen LogP) is 5.20. The summed E-state index contributed by atoms with van der Waals surface area (Å²) >= 11 is 1.38. The van der Waals surface area contributed by atoms with E-state index in [2.05, 4.69) is 5.32 Å². The Morgan fingerprint density at radius 1 is 1.00 bits per heavy atom. The van der Waals surface area contributed by atoms with Crippen LogP contribution in [0.5, 0.6) is 0 Å². The molecule has 0 saturated heterocycles. The van der Waals surface area contributed by atoms with Crippen molar-refractivity contribution in [3.8, 4) is 0 Å². The van der Waals surface area contributed by atoms with Gasteiger partial charge in [0.25, 0.3) is 10.0 Å². The van der Waals surface area contributed by atoms with Crippen molar-refractivity contribution in [2.24, 2.45) is 0 Å². The number of carbonyl (C=O) groups excluding carboxylic acids is 2. The van der Waals surface area contributed by atoms with E-state index in [1.54, 1.807) is 37.3 Å². The molecule has 1 heterocycles. The Balaban J connectivity index is 1.70. The number of carbonyl (C=O) groups is 2. The molecule has 1 aliphatic rings. The van der Waals surface area contributed by atoms with Gasteiger partial charge >= 0.3 is 5.97 Å². The molecule has 0 bridgehead atoms. The second-order valence-electron chi connectivity index (χ2n) is 8.49. The molecule has 3 aromatic rings. The third-order valence-electron chi connectivity index (χ3n) is 6.16. The molecule has 0 atom stereocenters. The normalized spacial score (nSPS) is 13.1. The van der Waals surface area contributed by atoms with Gasteiger partial charge in [-0.25, -0.2) is 13.2 Å². The van der Waals surface area contributed by atoms with Crippen LogP contribution < -0.4 is 9.62 Å². The van der Waals surface area contributed by atoms with E-state index in [9.17, 15) is 18.0 Å². The van der Waals surface area contributed by atoms with Crippen LogP contribution in [0.4, 0.5) is 10.7 Å². The molecule has 4 rings (SSSR count). The number of thiophene rings is 1. The number of fused-ring (bicyclic) bond motifs is 1. The van der Waals surface area contributed by atoms with Gasteiger partial charge in [0.2, 0.25) is 5.91 Å². The van der Waals surface area contributed by atoms with E-state index in [4.69, 9.17) is 4.74 Å². The molecule has 36 heavy (non-hydrogen) atoms. The lowest BCUT2D eigenvalue weighted by atomic mass is 9.95. The van der Waals surface area contributed by atoms with Crippen molar-refractivity contribution in [2.75, 3.05) is 22.8 Å². The maximum atomic E-state index is 13.7. The number of esters is 1. The van der Waals surface area contributed by atoms with Gasteiger partial charge in [-0.1, -0.05) is 43.3 Å². The van der Waals surface area contributed by atoms with Gasteiger partial charge < -0.3 is 10.1 Å². The van der Waals surface area contributed by atoms with Crippen LogP contribution in [0.1, 0.15) is 53.1 Å². The molecule has 1 amide bonds. The Morgan fingerprint density at radius 2 is 1.69 bits per heavy atom. The number of anilines is 2. The van der Waals surface area contributed by atoms with Crippen molar-refractivity contribution in [3.63, 3.8) is 0 Å². The molecule has 1 aromatic heterocycles. The summed E-state index contributed by atoms with van der Waals surface area (Å²) in [5.74, 6) is -0.984. The largest absolute Gasteiger partial charge is 0.462 e. The van der Waals surface area contributed by atoms with Gasteiger partial charge in [0, 0.05) is 4.88 Å². The summed E-state index contributed by atoms with van der Waals surface area (Å²) in [7, 11) is -4.03. The molecular weight excluding hydrogens is 496 g/mol. The smallest absolute Gasteiger partial charge is 0.341 e. The van der Waals surface area contributed by atoms with E-state index in [0.29, 0.717) is 22.7 Å². The Bertz CT molecular complexity index is 1350. The summed E-state index contributed by atoms with van der Waals surface area (Å²) < 4.78 is 33.8. The predicted molar refractivity (Wildman–Crippen MR) is 142 cm³/mol. The van der Waals surface area contributed by atoms with E-state index in [1.165, 1.54) is 23.5 Å². The summed E-state index contributed by atoms with van der Waals surface area (Å²) in [4.78, 5) is 27.3. The minimum absolute atomic E-state index is 0.0995. The number of rotatable bonds is 9. The van der Waals surface area contributed by atoms with Gasteiger partial charge in [-0.3, -0.25) is 9.10 Å². The maximum absolute atomic E-state index is 13.7. The molecule has 0 saturated carbocycles. The summed E-state index contributed by atoms with van der Waals surface area (Å²) in [6.07, 6.45) is 4.21. The molecule has 7 nitrogen and oxygen atoms in total. The zero-order valence-corrected chi connectivity index (χ0v) is 22.1. The fraction of sp³-hybridized carbons (Fsp3) is 0.333. The molecule has 190 valence electrons. The lowest BCUT2D eigenvalue weighted by molar-refractivity contribution is -0.114. The highest BCUT2D eigenvalue weighted by atomic mass is 32.2. The van der Waals surface area contributed by atoms with E-state index in [0.717, 1.165) is 46.0 Å². The number of nitrogens with zero attached hydrogens (tertiary/aromatic N) is 1. The number of nitrogens with one attached hydrogen (secondary N) is 1. The van der Waals surface area contributed by atoms with Gasteiger partial charge in [0.15, 0.2) is 0 Å². The fourth-order valence-electron chi connectivity index (χ4n) is 4.44. The first-order valence-corrected chi connectivity index (χ1v) is 14.4. The number of para-hydroxylation sites is 1. The molecule has 0 aliphatic heterocycles. The summed E-state index contributed by atoms with van der Waals surface area (Å²) in [5, 5.41) is 3.26. The minimum atomic E-state index is -4.03. The molecule has 1 aliphatic carbocycles. The number of hydrogen-bond acceptors (Lipinski definition) is 6. The topological polar surface area (TPSA) is 92.8 Å². The zero-order chi connectivity index (χ0) is 25.7. The van der Waals surface area contributed by atoms with Gasteiger partial charge in [0.1, 0.15) is 11.5 Å². The lowest BCUT2D eigenvalue weighted by Crippen LogP contribution is -2.38. The third kappa shape index (κ3) is 5.32. The molecule has 0 fully saturated rings. The van der Waals surface area contributed by atoms with E-state index >= 15 is 0 Å². The molecule has 0 radical (unpaired) electrons. The number of sulfonamides is 1. The molecular formula is C27H30N2O5S2. The number of ether oxygens (including phenoxy) is 1. The summed E-state index contributed by atoms with van der Waals surface area (Å²) in [6, 6.07) is 15.2. The second kappa shape index (κ2) is 11.3. The van der Waals surface area contributed by atoms with Crippen molar-refractivity contribution in [2.45, 2.75) is 50.8 Å². The molecule has 0 spiro atoms. The number of aryl methyl sites for hydroxylation is 2. The van der Waals surface area contributed by atoms with Crippen molar-refractivity contribution < 1.29 is 22.7 Å². The van der Waals surface area contributed by atoms with Crippen LogP contribution in [-0.4, -0.2) is 33.4 Å². The molecule has 9 heteroatoms. The minimum Gasteiger partial charge on any atom is -0.462 e. The zero-order valence-electron chi connectivity index (χ0n) is 20.5. The van der Waals surface area contributed by atoms with Crippen LogP contribution in [0.3, 0.4) is 0 Å². The second-order valence-corrected chi connectivity index (χ2v) is 11.5. The van der Waals surface area contributed by atoms with Gasteiger partial charge in [-0.05, 0) is 68.4 Å². The maximum Gasteiger partial charge on any atom is 0.341 e. The molecule has 0 unspecified atom stereocenters. The summed E-state index contributed by atoms with van der Waals surface area (Å²) in [6.45, 7) is 3.48. The molecule has 2 aromatic carbocycles. The Labute approximate surface area is 216 Å². The van der Waals surface area contributed by atoms with Crippen molar-refractivity contribution >= 4 is 43.9 Å². The number of amides is 1. The van der Waals surface area contributed by atoms with Crippen molar-refractivity contribution in [1.29, 1.82) is 0 Å². The average Bonchev–Trinajstić information content (AvgIpc) is 3.25. The third-order valence-corrected chi connectivity index (χ3v) is 9.14. The van der Waals surface area contributed by atoms with Crippen LogP contribution in [0.25, 0.3) is 0 Å². The molecule has 1 N–H and O–H groups in total. The van der Waals surface area contributed by atoms with Gasteiger partial charge in [-0.15, -0.1) is 11.3 Å². The Kier molecular flexibility index (Phi) is 8.11. The van der Waals surface area contributed by atoms with E-state index < -0.39 is 28.4 Å². The summed E-state index contributed by atoms with van der Waals surface area (Å²) in [5.41, 5.74) is 2.60. The van der Waals surface area contributed by atoms with E-state index in [1.807, 2.05) is 19.1 Å². The van der Waals surface area contributed by atoms with Gasteiger partial charge in [-0.2, -0.15) is 0 Å². The van der Waals surface area contributed by atoms with Crippen LogP contribution in [0.2, 0.25) is 0 Å². The Morgan fingerprint density at radius 3 is 2.42 bits per heavy atom. The standard InChI is InChI=1S/C27H30N2O5S2/c1-3-19-12-8-10-16-22(19)29(36(32,33)20-13-6-5-7-14-20)18-24(30)28-26-25(27(31)34-4-2)21-15-9-11-17-23(21)35-26/h5-8,10,12-14,16H,3-4,9,11,15,17-18H2,1-2H3,(H,28,30). The van der Waals surface area contributed by atoms with Crippen molar-refractivity contribution in [1.82, 2.24) is 0 Å². The van der Waals surface area contributed by atoms with Crippen LogP contribution >= 0.6 is 11.3 Å². The Hall–Kier alpha value is -3.17. The first-order valence-electron chi connectivity index (χ1n) is 12.1. The first kappa shape index (κ1) is 25.9. The number of benzene rings is 2. The van der Waals surface area contributed by atoms with E-state index in [-0.39, 0.29) is 11.5 Å². The average molecular weight is 527 g/mol. The lowest BCUT2D eigenvalue weighted by Gasteiger charge is -2.26. The number of hydrogen-bond donors (Lipinski definition) is 1. The van der Waals surface area contributed by atoms with Crippen LogP contribution in [0.15, 0.2) is 59.5 Å². The SMILES string of the molecule is CCOC(=O)c1c(NC(=O)CN(c2ccccc2CC)S(=O)(=O)c2ccccc2)sc2c1CCCC2. The van der Waals surface area contributed by atoms with Gasteiger partial charge in [0.05, 0.1) is 22.8 Å². The fourth-order valence-corrected chi connectivity index (χ4v) is 7.22. The highest BCUT2D eigenvalue weighted by Crippen LogP contribution is 2.39. The highest BCUT2D eigenvalue weighted by molar-refractivity contribution is 7.92. The van der Waals surface area contributed by atoms with Crippen LogP contribution in [-0.2, 0) is 38.8 Å². The van der Waals surface area contributed by atoms with Crippen molar-refractivity contribution in [3.05, 3.63) is 76.2 Å². The monoisotopic (exact) mass is 526 g/mol. The first-order chi connectivity index (χ1) is 17.4. The van der Waals surface area contributed by atoms with Crippen LogP contribution in [0, 0.1) is 0 Å².